The number of fused-ring (bicyclic) bond motifs is 3. The van der Waals surface area contributed by atoms with Gasteiger partial charge in [-0.1, -0.05) is 11.6 Å². The number of aryl methyl sites for hydroxylation is 1. The standard InChI is InChI=1S/C15H14ClN3O2/c1-19-11-2-4-18-14(20)8-10(11)15-12(19)6-9(16)7-13(15)21-5-3-17/h6-7H,2,4-5,8H2,1H3,(H,18,20). The Morgan fingerprint density at radius 1 is 1.52 bits per heavy atom. The lowest BCUT2D eigenvalue weighted by molar-refractivity contribution is -0.120. The van der Waals surface area contributed by atoms with Gasteiger partial charge in [0, 0.05) is 36.1 Å². The Morgan fingerprint density at radius 2 is 2.33 bits per heavy atom. The van der Waals surface area contributed by atoms with Crippen molar-refractivity contribution in [2.45, 2.75) is 12.8 Å². The largest absolute Gasteiger partial charge is 0.478 e. The topological polar surface area (TPSA) is 67.0 Å². The molecular formula is C15H14ClN3O2. The van der Waals surface area contributed by atoms with Crippen LogP contribution in [0, 0.1) is 11.3 Å². The van der Waals surface area contributed by atoms with Gasteiger partial charge in [0.2, 0.25) is 5.91 Å². The van der Waals surface area contributed by atoms with Crippen molar-refractivity contribution in [3.8, 4) is 11.8 Å². The van der Waals surface area contributed by atoms with Gasteiger partial charge in [-0.2, -0.15) is 5.26 Å². The van der Waals surface area contributed by atoms with Crippen molar-refractivity contribution < 1.29 is 9.53 Å². The molecule has 0 aliphatic carbocycles. The van der Waals surface area contributed by atoms with Gasteiger partial charge in [-0.15, -0.1) is 0 Å². The molecule has 0 fully saturated rings. The molecule has 5 nitrogen and oxygen atoms in total. The molecule has 1 aromatic carbocycles. The van der Waals surface area contributed by atoms with Gasteiger partial charge in [-0.25, -0.2) is 0 Å². The molecular weight excluding hydrogens is 290 g/mol. The van der Waals surface area contributed by atoms with Crippen molar-refractivity contribution in [1.82, 2.24) is 9.88 Å². The number of nitriles is 1. The molecule has 0 saturated carbocycles. The maximum absolute atomic E-state index is 11.9. The van der Waals surface area contributed by atoms with Crippen LogP contribution >= 0.6 is 11.6 Å². The fourth-order valence-corrected chi connectivity index (χ4v) is 3.11. The molecule has 0 saturated heterocycles. The van der Waals surface area contributed by atoms with Crippen molar-refractivity contribution in [3.63, 3.8) is 0 Å². The van der Waals surface area contributed by atoms with Gasteiger partial charge in [0.15, 0.2) is 6.61 Å². The smallest absolute Gasteiger partial charge is 0.224 e. The van der Waals surface area contributed by atoms with E-state index in [4.69, 9.17) is 21.6 Å². The highest BCUT2D eigenvalue weighted by Gasteiger charge is 2.23. The number of carbonyl (C=O) groups is 1. The van der Waals surface area contributed by atoms with Crippen molar-refractivity contribution in [2.75, 3.05) is 13.2 Å². The van der Waals surface area contributed by atoms with E-state index < -0.39 is 0 Å². The molecule has 0 atom stereocenters. The van der Waals surface area contributed by atoms with Crippen LogP contribution in [-0.4, -0.2) is 23.6 Å². The molecule has 0 radical (unpaired) electrons. The van der Waals surface area contributed by atoms with E-state index in [0.717, 1.165) is 28.6 Å². The summed E-state index contributed by atoms with van der Waals surface area (Å²) in [5, 5.41) is 13.0. The zero-order chi connectivity index (χ0) is 15.0. The van der Waals surface area contributed by atoms with E-state index in [1.54, 1.807) is 6.07 Å². The number of halogens is 1. The first-order valence-corrected chi connectivity index (χ1v) is 7.05. The zero-order valence-electron chi connectivity index (χ0n) is 11.6. The lowest BCUT2D eigenvalue weighted by Crippen LogP contribution is -2.24. The Kier molecular flexibility index (Phi) is 3.48. The molecule has 1 N–H and O–H groups in total. The summed E-state index contributed by atoms with van der Waals surface area (Å²) in [5.41, 5.74) is 3.00. The fourth-order valence-electron chi connectivity index (χ4n) is 2.90. The zero-order valence-corrected chi connectivity index (χ0v) is 12.3. The summed E-state index contributed by atoms with van der Waals surface area (Å²) in [5.74, 6) is 0.563. The van der Waals surface area contributed by atoms with Gasteiger partial charge in [0.05, 0.1) is 11.9 Å². The second-order valence-electron chi connectivity index (χ2n) is 5.01. The highest BCUT2D eigenvalue weighted by molar-refractivity contribution is 6.31. The third-order valence-corrected chi connectivity index (χ3v) is 3.99. The van der Waals surface area contributed by atoms with Crippen LogP contribution in [0.1, 0.15) is 11.3 Å². The highest BCUT2D eigenvalue weighted by atomic mass is 35.5. The summed E-state index contributed by atoms with van der Waals surface area (Å²) in [7, 11) is 1.96. The van der Waals surface area contributed by atoms with Gasteiger partial charge in [-0.3, -0.25) is 4.79 Å². The molecule has 0 bridgehead atoms. The van der Waals surface area contributed by atoms with Gasteiger partial charge in [-0.05, 0) is 17.7 Å². The number of benzene rings is 1. The van der Waals surface area contributed by atoms with Gasteiger partial charge < -0.3 is 14.6 Å². The normalized spacial score (nSPS) is 14.2. The summed E-state index contributed by atoms with van der Waals surface area (Å²) in [6.45, 7) is 0.573. The third-order valence-electron chi connectivity index (χ3n) is 3.78. The van der Waals surface area contributed by atoms with Crippen LogP contribution in [0.3, 0.4) is 0 Å². The lowest BCUT2D eigenvalue weighted by atomic mass is 10.1. The minimum absolute atomic E-state index is 0.00225. The maximum Gasteiger partial charge on any atom is 0.224 e. The predicted octanol–water partition coefficient (Wildman–Crippen LogP) is 1.95. The summed E-state index contributed by atoms with van der Waals surface area (Å²) >= 11 is 6.14. The number of nitrogens with one attached hydrogen (secondary N) is 1. The number of aromatic nitrogens is 1. The molecule has 1 aliphatic rings. The average Bonchev–Trinajstić information content (AvgIpc) is 2.61. The van der Waals surface area contributed by atoms with Crippen LogP contribution in [0.15, 0.2) is 12.1 Å². The highest BCUT2D eigenvalue weighted by Crippen LogP contribution is 2.37. The minimum Gasteiger partial charge on any atom is -0.478 e. The molecule has 1 amide bonds. The summed E-state index contributed by atoms with van der Waals surface area (Å²) < 4.78 is 7.57. The molecule has 1 aromatic heterocycles. The second-order valence-corrected chi connectivity index (χ2v) is 5.44. The van der Waals surface area contributed by atoms with Gasteiger partial charge >= 0.3 is 0 Å². The Hall–Kier alpha value is -2.19. The van der Waals surface area contributed by atoms with Crippen LogP contribution in [0.4, 0.5) is 0 Å². The number of nitrogens with zero attached hydrogens (tertiary/aromatic N) is 2. The third kappa shape index (κ3) is 2.32. The van der Waals surface area contributed by atoms with Crippen molar-refractivity contribution in [1.29, 1.82) is 5.26 Å². The van der Waals surface area contributed by atoms with Gasteiger partial charge in [0.1, 0.15) is 11.8 Å². The average molecular weight is 304 g/mol. The molecule has 21 heavy (non-hydrogen) atoms. The van der Waals surface area contributed by atoms with E-state index >= 15 is 0 Å². The van der Waals surface area contributed by atoms with Gasteiger partial charge in [0.25, 0.3) is 0 Å². The van der Waals surface area contributed by atoms with E-state index in [9.17, 15) is 4.79 Å². The van der Waals surface area contributed by atoms with Crippen molar-refractivity contribution >= 4 is 28.4 Å². The molecule has 3 rings (SSSR count). The Labute approximate surface area is 127 Å². The number of hydrogen-bond acceptors (Lipinski definition) is 3. The van der Waals surface area contributed by atoms with E-state index in [0.29, 0.717) is 23.7 Å². The number of rotatable bonds is 2. The number of hydrogen-bond donors (Lipinski definition) is 1. The number of carbonyl (C=O) groups excluding carboxylic acids is 1. The Morgan fingerprint density at radius 3 is 3.10 bits per heavy atom. The first-order valence-electron chi connectivity index (χ1n) is 6.68. The monoisotopic (exact) mass is 303 g/mol. The molecule has 6 heteroatoms. The van der Waals surface area contributed by atoms with Crippen LogP contribution in [0.5, 0.6) is 5.75 Å². The molecule has 108 valence electrons. The van der Waals surface area contributed by atoms with Crippen LogP contribution in [-0.2, 0) is 24.7 Å². The molecule has 0 unspecified atom stereocenters. The number of ether oxygens (including phenoxy) is 1. The molecule has 0 spiro atoms. The van der Waals surface area contributed by atoms with E-state index in [2.05, 4.69) is 9.88 Å². The molecule has 1 aliphatic heterocycles. The summed E-state index contributed by atoms with van der Waals surface area (Å²) in [4.78, 5) is 11.9. The van der Waals surface area contributed by atoms with Crippen LogP contribution < -0.4 is 10.1 Å². The first-order chi connectivity index (χ1) is 10.1. The molecule has 2 aromatic rings. The quantitative estimate of drug-likeness (QED) is 0.922. The summed E-state index contributed by atoms with van der Waals surface area (Å²) in [6.07, 6.45) is 1.08. The minimum atomic E-state index is -0.0503. The summed E-state index contributed by atoms with van der Waals surface area (Å²) in [6, 6.07) is 5.52. The van der Waals surface area contributed by atoms with Crippen molar-refractivity contribution in [3.05, 3.63) is 28.4 Å². The second kappa shape index (κ2) is 5.30. The van der Waals surface area contributed by atoms with Crippen LogP contribution in [0.2, 0.25) is 5.02 Å². The van der Waals surface area contributed by atoms with E-state index in [-0.39, 0.29) is 12.5 Å². The lowest BCUT2D eigenvalue weighted by Gasteiger charge is -2.07. The first kappa shape index (κ1) is 13.8. The van der Waals surface area contributed by atoms with Crippen LogP contribution in [0.25, 0.3) is 10.9 Å². The fraction of sp³-hybridized carbons (Fsp3) is 0.333. The Balaban J connectivity index is 2.28. The SMILES string of the molecule is Cn1c2c(c3c(OCC#N)cc(Cl)cc31)CC(=O)NCC2. The molecule has 2 heterocycles. The number of amides is 1. The maximum atomic E-state index is 11.9. The van der Waals surface area contributed by atoms with E-state index in [1.807, 2.05) is 19.2 Å². The Bertz CT molecular complexity index is 774. The predicted molar refractivity (Wildman–Crippen MR) is 79.5 cm³/mol. The van der Waals surface area contributed by atoms with Crippen molar-refractivity contribution in [2.24, 2.45) is 7.05 Å². The van der Waals surface area contributed by atoms with E-state index in [1.165, 1.54) is 0 Å².